The van der Waals surface area contributed by atoms with Crippen LogP contribution < -0.4 is 10.1 Å². The maximum atomic E-state index is 6.18. The molecule has 1 N–H and O–H groups in total. The third-order valence-corrected chi connectivity index (χ3v) is 5.90. The largest absolute Gasteiger partial charge is 0.488 e. The first kappa shape index (κ1) is 13.6. The molecule has 4 rings (SSSR count). The van der Waals surface area contributed by atoms with Crippen molar-refractivity contribution in [3.05, 3.63) is 29.3 Å². The van der Waals surface area contributed by atoms with Crippen molar-refractivity contribution in [3.8, 4) is 5.75 Å². The molecule has 114 valence electrons. The Morgan fingerprint density at radius 1 is 1.33 bits per heavy atom. The van der Waals surface area contributed by atoms with Gasteiger partial charge in [-0.05, 0) is 50.8 Å². The van der Waals surface area contributed by atoms with Crippen molar-refractivity contribution in [2.75, 3.05) is 26.2 Å². The summed E-state index contributed by atoms with van der Waals surface area (Å²) in [4.78, 5) is 2.67. The number of nitrogens with zero attached hydrogens (tertiary/aromatic N) is 1. The van der Waals surface area contributed by atoms with Gasteiger partial charge in [-0.3, -0.25) is 4.90 Å². The molecule has 1 aromatic carbocycles. The van der Waals surface area contributed by atoms with Gasteiger partial charge in [-0.25, -0.2) is 0 Å². The van der Waals surface area contributed by atoms with E-state index in [4.69, 9.17) is 4.74 Å². The average molecular weight is 286 g/mol. The SMILES string of the molecule is Cc1ccc2c(c1)CC(CN1CC3CNCC3C1(C)C)O2. The van der Waals surface area contributed by atoms with Crippen LogP contribution in [-0.2, 0) is 6.42 Å². The second-order valence-electron chi connectivity index (χ2n) is 7.64. The lowest BCUT2D eigenvalue weighted by Gasteiger charge is -2.36. The Labute approximate surface area is 127 Å². The van der Waals surface area contributed by atoms with E-state index in [1.807, 2.05) is 0 Å². The first-order valence-electron chi connectivity index (χ1n) is 8.26. The van der Waals surface area contributed by atoms with Gasteiger partial charge in [0.2, 0.25) is 0 Å². The number of rotatable bonds is 2. The minimum Gasteiger partial charge on any atom is -0.488 e. The summed E-state index contributed by atoms with van der Waals surface area (Å²) in [6.07, 6.45) is 1.39. The molecule has 3 nitrogen and oxygen atoms in total. The highest BCUT2D eigenvalue weighted by Gasteiger charge is 2.50. The molecule has 3 atom stereocenters. The second kappa shape index (κ2) is 4.72. The van der Waals surface area contributed by atoms with Crippen LogP contribution in [0.25, 0.3) is 0 Å². The van der Waals surface area contributed by atoms with Gasteiger partial charge in [0, 0.05) is 31.6 Å². The molecule has 0 spiro atoms. The van der Waals surface area contributed by atoms with Gasteiger partial charge < -0.3 is 10.1 Å². The van der Waals surface area contributed by atoms with Crippen LogP contribution in [0.5, 0.6) is 5.75 Å². The fourth-order valence-corrected chi connectivity index (χ4v) is 4.61. The van der Waals surface area contributed by atoms with Gasteiger partial charge in [-0.2, -0.15) is 0 Å². The second-order valence-corrected chi connectivity index (χ2v) is 7.64. The van der Waals surface area contributed by atoms with Crippen LogP contribution in [-0.4, -0.2) is 42.7 Å². The molecule has 2 fully saturated rings. The summed E-state index contributed by atoms with van der Waals surface area (Å²) >= 11 is 0. The van der Waals surface area contributed by atoms with Crippen molar-refractivity contribution in [2.45, 2.75) is 38.8 Å². The van der Waals surface area contributed by atoms with Crippen LogP contribution in [0.15, 0.2) is 18.2 Å². The first-order valence-corrected chi connectivity index (χ1v) is 8.26. The highest BCUT2D eigenvalue weighted by molar-refractivity contribution is 5.40. The maximum absolute atomic E-state index is 6.18. The number of hydrogen-bond donors (Lipinski definition) is 1. The van der Waals surface area contributed by atoms with Gasteiger partial charge >= 0.3 is 0 Å². The highest BCUT2D eigenvalue weighted by Crippen LogP contribution is 2.41. The van der Waals surface area contributed by atoms with Crippen LogP contribution in [0.4, 0.5) is 0 Å². The van der Waals surface area contributed by atoms with Crippen LogP contribution >= 0.6 is 0 Å². The molecule has 0 aromatic heterocycles. The fraction of sp³-hybridized carbons (Fsp3) is 0.667. The molecular formula is C18H26N2O. The van der Waals surface area contributed by atoms with Crippen molar-refractivity contribution < 1.29 is 4.74 Å². The van der Waals surface area contributed by atoms with Crippen molar-refractivity contribution in [3.63, 3.8) is 0 Å². The van der Waals surface area contributed by atoms with Crippen LogP contribution in [0.2, 0.25) is 0 Å². The summed E-state index contributed by atoms with van der Waals surface area (Å²) in [6, 6.07) is 6.57. The summed E-state index contributed by atoms with van der Waals surface area (Å²) in [6.45, 7) is 11.6. The van der Waals surface area contributed by atoms with Gasteiger partial charge in [-0.15, -0.1) is 0 Å². The molecule has 0 amide bonds. The van der Waals surface area contributed by atoms with E-state index >= 15 is 0 Å². The summed E-state index contributed by atoms with van der Waals surface area (Å²) < 4.78 is 6.18. The quantitative estimate of drug-likeness (QED) is 0.902. The Bertz CT molecular complexity index is 554. The molecule has 3 heteroatoms. The number of fused-ring (bicyclic) bond motifs is 2. The average Bonchev–Trinajstić information content (AvgIpc) is 3.07. The third-order valence-electron chi connectivity index (χ3n) is 5.90. The van der Waals surface area contributed by atoms with Crippen molar-refractivity contribution in [1.82, 2.24) is 10.2 Å². The van der Waals surface area contributed by atoms with Crippen molar-refractivity contribution in [2.24, 2.45) is 11.8 Å². The van der Waals surface area contributed by atoms with E-state index in [1.54, 1.807) is 0 Å². The Morgan fingerprint density at radius 3 is 3.00 bits per heavy atom. The van der Waals surface area contributed by atoms with Crippen molar-refractivity contribution >= 4 is 0 Å². The molecule has 21 heavy (non-hydrogen) atoms. The number of benzene rings is 1. The van der Waals surface area contributed by atoms with E-state index in [1.165, 1.54) is 30.8 Å². The molecule has 0 saturated carbocycles. The summed E-state index contributed by atoms with van der Waals surface area (Å²) in [5.41, 5.74) is 3.02. The zero-order valence-electron chi connectivity index (χ0n) is 13.4. The summed E-state index contributed by atoms with van der Waals surface area (Å²) in [5, 5.41) is 3.56. The van der Waals surface area contributed by atoms with Crippen molar-refractivity contribution in [1.29, 1.82) is 0 Å². The van der Waals surface area contributed by atoms with E-state index in [2.05, 4.69) is 49.2 Å². The lowest BCUT2D eigenvalue weighted by Crippen LogP contribution is -2.48. The van der Waals surface area contributed by atoms with E-state index in [-0.39, 0.29) is 0 Å². The normalized spacial score (nSPS) is 33.8. The molecule has 0 bridgehead atoms. The molecule has 2 saturated heterocycles. The van der Waals surface area contributed by atoms with Gasteiger partial charge in [0.25, 0.3) is 0 Å². The Morgan fingerprint density at radius 2 is 2.19 bits per heavy atom. The molecule has 3 unspecified atom stereocenters. The molecule has 3 heterocycles. The van der Waals surface area contributed by atoms with Gasteiger partial charge in [-0.1, -0.05) is 17.7 Å². The topological polar surface area (TPSA) is 24.5 Å². The first-order chi connectivity index (χ1) is 10.0. The number of likely N-dealkylation sites (tertiary alicyclic amines) is 1. The van der Waals surface area contributed by atoms with E-state index < -0.39 is 0 Å². The highest BCUT2D eigenvalue weighted by atomic mass is 16.5. The van der Waals surface area contributed by atoms with Crippen LogP contribution in [0.3, 0.4) is 0 Å². The van der Waals surface area contributed by atoms with E-state index in [0.717, 1.165) is 30.6 Å². The summed E-state index contributed by atoms with van der Waals surface area (Å²) in [7, 11) is 0. The fourth-order valence-electron chi connectivity index (χ4n) is 4.61. The van der Waals surface area contributed by atoms with Crippen LogP contribution in [0, 0.1) is 18.8 Å². The Balaban J connectivity index is 1.46. The standard InChI is InChI=1S/C18H26N2O/c1-12-4-5-17-13(6-12)7-15(21-17)11-20-10-14-8-19-9-16(14)18(20,2)3/h4-6,14-16,19H,7-11H2,1-3H3. The molecular weight excluding hydrogens is 260 g/mol. The predicted octanol–water partition coefficient (Wildman–Crippen LogP) is 2.23. The predicted molar refractivity (Wildman–Crippen MR) is 84.8 cm³/mol. The molecule has 3 aliphatic rings. The minimum atomic E-state index is 0.294. The maximum Gasteiger partial charge on any atom is 0.123 e. The lowest BCUT2D eigenvalue weighted by molar-refractivity contribution is 0.0859. The lowest BCUT2D eigenvalue weighted by atomic mass is 9.85. The number of aryl methyl sites for hydroxylation is 1. The Kier molecular flexibility index (Phi) is 3.05. The smallest absolute Gasteiger partial charge is 0.123 e. The Hall–Kier alpha value is -1.06. The van der Waals surface area contributed by atoms with Gasteiger partial charge in [0.15, 0.2) is 0 Å². The number of nitrogens with one attached hydrogen (secondary N) is 1. The van der Waals surface area contributed by atoms with Gasteiger partial charge in [0.1, 0.15) is 11.9 Å². The summed E-state index contributed by atoms with van der Waals surface area (Å²) in [5.74, 6) is 2.72. The zero-order valence-corrected chi connectivity index (χ0v) is 13.4. The van der Waals surface area contributed by atoms with E-state index in [9.17, 15) is 0 Å². The monoisotopic (exact) mass is 286 g/mol. The molecule has 1 aromatic rings. The number of hydrogen-bond acceptors (Lipinski definition) is 3. The molecule has 0 aliphatic carbocycles. The number of ether oxygens (including phenoxy) is 1. The van der Waals surface area contributed by atoms with E-state index in [0.29, 0.717) is 11.6 Å². The molecule has 3 aliphatic heterocycles. The zero-order chi connectivity index (χ0) is 14.6. The molecule has 0 radical (unpaired) electrons. The minimum absolute atomic E-state index is 0.294. The third kappa shape index (κ3) is 2.18. The van der Waals surface area contributed by atoms with Gasteiger partial charge in [0.05, 0.1) is 0 Å². The van der Waals surface area contributed by atoms with Crippen LogP contribution in [0.1, 0.15) is 25.0 Å².